The number of rotatable bonds is 3. The Balaban J connectivity index is 2.88. The number of amides is 1. The lowest BCUT2D eigenvalue weighted by Crippen LogP contribution is -2.40. The lowest BCUT2D eigenvalue weighted by Gasteiger charge is -2.23. The molecule has 1 amide bonds. The molecule has 1 aromatic rings. The summed E-state index contributed by atoms with van der Waals surface area (Å²) in [5, 5.41) is 2.68. The van der Waals surface area contributed by atoms with Gasteiger partial charge in [-0.25, -0.2) is 0 Å². The highest BCUT2D eigenvalue weighted by Crippen LogP contribution is 2.24. The van der Waals surface area contributed by atoms with Gasteiger partial charge in [0.2, 0.25) is 5.91 Å². The van der Waals surface area contributed by atoms with Crippen LogP contribution in [-0.2, 0) is 10.2 Å². The Morgan fingerprint density at radius 1 is 1.44 bits per heavy atom. The van der Waals surface area contributed by atoms with Gasteiger partial charge in [-0.3, -0.25) is 4.79 Å². The summed E-state index contributed by atoms with van der Waals surface area (Å²) in [5.41, 5.74) is 6.59. The fourth-order valence-electron chi connectivity index (χ4n) is 1.38. The number of carbonyl (C=O) groups is 1. The Morgan fingerprint density at radius 2 is 2.00 bits per heavy atom. The topological polar surface area (TPSA) is 55.1 Å². The Kier molecular flexibility index (Phi) is 3.57. The highest BCUT2D eigenvalue weighted by atomic mass is 16.2. The zero-order valence-corrected chi connectivity index (χ0v) is 9.58. The van der Waals surface area contributed by atoms with E-state index in [2.05, 4.69) is 11.2 Å². The van der Waals surface area contributed by atoms with Crippen LogP contribution in [0.15, 0.2) is 24.3 Å². The monoisotopic (exact) mass is 216 g/mol. The number of nitrogens with two attached hydrogens (primary N) is 1. The van der Waals surface area contributed by atoms with Gasteiger partial charge < -0.3 is 11.1 Å². The van der Waals surface area contributed by atoms with E-state index < -0.39 is 5.41 Å². The van der Waals surface area contributed by atoms with Gasteiger partial charge in [-0.2, -0.15) is 0 Å². The molecule has 3 nitrogen and oxygen atoms in total. The van der Waals surface area contributed by atoms with Crippen molar-refractivity contribution in [2.75, 3.05) is 12.3 Å². The van der Waals surface area contributed by atoms with Crippen molar-refractivity contribution in [2.24, 2.45) is 0 Å². The Morgan fingerprint density at radius 3 is 2.50 bits per heavy atom. The first-order valence-corrected chi connectivity index (χ1v) is 5.06. The van der Waals surface area contributed by atoms with Crippen molar-refractivity contribution in [2.45, 2.75) is 19.3 Å². The number of terminal acetylenes is 1. The molecular weight excluding hydrogens is 200 g/mol. The molecule has 0 fully saturated rings. The van der Waals surface area contributed by atoms with E-state index in [1.807, 2.05) is 26.0 Å². The van der Waals surface area contributed by atoms with Crippen LogP contribution in [0.2, 0.25) is 0 Å². The lowest BCUT2D eigenvalue weighted by molar-refractivity contribution is -0.125. The first-order chi connectivity index (χ1) is 7.48. The minimum atomic E-state index is -0.607. The molecule has 3 N–H and O–H groups in total. The van der Waals surface area contributed by atoms with E-state index in [1.165, 1.54) is 0 Å². The number of hydrogen-bond donors (Lipinski definition) is 2. The summed E-state index contributed by atoms with van der Waals surface area (Å²) in [6.07, 6.45) is 5.10. The molecule has 0 aliphatic carbocycles. The smallest absolute Gasteiger partial charge is 0.230 e. The average molecular weight is 216 g/mol. The molecule has 0 spiro atoms. The number of benzene rings is 1. The van der Waals surface area contributed by atoms with E-state index in [-0.39, 0.29) is 12.5 Å². The van der Waals surface area contributed by atoms with Crippen molar-refractivity contribution in [3.05, 3.63) is 29.8 Å². The van der Waals surface area contributed by atoms with Crippen molar-refractivity contribution >= 4 is 11.6 Å². The van der Waals surface area contributed by atoms with Crippen LogP contribution in [0.5, 0.6) is 0 Å². The summed E-state index contributed by atoms with van der Waals surface area (Å²) in [6.45, 7) is 3.95. The molecule has 16 heavy (non-hydrogen) atoms. The van der Waals surface area contributed by atoms with Crippen LogP contribution in [0.3, 0.4) is 0 Å². The molecule has 0 atom stereocenters. The molecule has 0 bridgehead atoms. The number of nitrogen functional groups attached to an aromatic ring is 1. The lowest BCUT2D eigenvalue weighted by atomic mass is 9.83. The van der Waals surface area contributed by atoms with Crippen LogP contribution >= 0.6 is 0 Å². The minimum absolute atomic E-state index is 0.0878. The number of nitrogens with one attached hydrogen (secondary N) is 1. The molecule has 1 aromatic carbocycles. The Labute approximate surface area is 96.0 Å². The molecule has 3 heteroatoms. The van der Waals surface area contributed by atoms with Crippen molar-refractivity contribution in [3.8, 4) is 12.3 Å². The maximum Gasteiger partial charge on any atom is 0.230 e. The van der Waals surface area contributed by atoms with Crippen LogP contribution in [0.1, 0.15) is 19.4 Å². The molecule has 0 heterocycles. The number of hydrogen-bond acceptors (Lipinski definition) is 2. The van der Waals surface area contributed by atoms with Gasteiger partial charge in [0, 0.05) is 5.69 Å². The van der Waals surface area contributed by atoms with E-state index >= 15 is 0 Å². The molecule has 1 rings (SSSR count). The predicted molar refractivity (Wildman–Crippen MR) is 65.7 cm³/mol. The standard InChI is InChI=1S/C13H16N2O/c1-4-9-15-12(16)13(2,3)10-5-7-11(14)8-6-10/h1,5-8H,9,14H2,2-3H3,(H,15,16). The van der Waals surface area contributed by atoms with Crippen LogP contribution in [-0.4, -0.2) is 12.5 Å². The van der Waals surface area contributed by atoms with Gasteiger partial charge >= 0.3 is 0 Å². The molecule has 0 radical (unpaired) electrons. The fraction of sp³-hybridized carbons (Fsp3) is 0.308. The van der Waals surface area contributed by atoms with Gasteiger partial charge in [-0.05, 0) is 31.5 Å². The second-order valence-corrected chi connectivity index (χ2v) is 4.13. The molecule has 0 aliphatic rings. The fourth-order valence-corrected chi connectivity index (χ4v) is 1.38. The molecule has 0 aliphatic heterocycles. The van der Waals surface area contributed by atoms with E-state index in [1.54, 1.807) is 12.1 Å². The molecule has 0 saturated carbocycles. The normalized spacial score (nSPS) is 10.6. The van der Waals surface area contributed by atoms with Crippen molar-refractivity contribution in [3.63, 3.8) is 0 Å². The quantitative estimate of drug-likeness (QED) is 0.591. The summed E-state index contributed by atoms with van der Waals surface area (Å²) < 4.78 is 0. The van der Waals surface area contributed by atoms with Gasteiger partial charge in [0.15, 0.2) is 0 Å². The Hall–Kier alpha value is -1.95. The van der Waals surface area contributed by atoms with Crippen molar-refractivity contribution < 1.29 is 4.79 Å². The largest absolute Gasteiger partial charge is 0.399 e. The third-order valence-corrected chi connectivity index (χ3v) is 2.55. The number of anilines is 1. The van der Waals surface area contributed by atoms with Crippen LogP contribution in [0.25, 0.3) is 0 Å². The third kappa shape index (κ3) is 2.54. The summed E-state index contributed by atoms with van der Waals surface area (Å²) in [5.74, 6) is 2.29. The maximum absolute atomic E-state index is 11.9. The second-order valence-electron chi connectivity index (χ2n) is 4.13. The minimum Gasteiger partial charge on any atom is -0.399 e. The Bertz CT molecular complexity index is 413. The van der Waals surface area contributed by atoms with Crippen molar-refractivity contribution in [1.82, 2.24) is 5.32 Å². The third-order valence-electron chi connectivity index (χ3n) is 2.55. The van der Waals surface area contributed by atoms with Crippen LogP contribution < -0.4 is 11.1 Å². The van der Waals surface area contributed by atoms with E-state index in [9.17, 15) is 4.79 Å². The summed E-state index contributed by atoms with van der Waals surface area (Å²) in [6, 6.07) is 7.27. The maximum atomic E-state index is 11.9. The zero-order valence-electron chi connectivity index (χ0n) is 9.58. The van der Waals surface area contributed by atoms with Crippen LogP contribution in [0.4, 0.5) is 5.69 Å². The SMILES string of the molecule is C#CCNC(=O)C(C)(C)c1ccc(N)cc1. The van der Waals surface area contributed by atoms with E-state index in [0.29, 0.717) is 5.69 Å². The zero-order chi connectivity index (χ0) is 12.2. The summed E-state index contributed by atoms with van der Waals surface area (Å²) in [4.78, 5) is 11.9. The van der Waals surface area contributed by atoms with Gasteiger partial charge in [0.05, 0.1) is 12.0 Å². The molecular formula is C13H16N2O. The first kappa shape index (κ1) is 12.1. The second kappa shape index (κ2) is 4.71. The van der Waals surface area contributed by atoms with E-state index in [0.717, 1.165) is 5.56 Å². The first-order valence-electron chi connectivity index (χ1n) is 5.06. The predicted octanol–water partition coefficient (Wildman–Crippen LogP) is 1.30. The van der Waals surface area contributed by atoms with Gasteiger partial charge in [0.25, 0.3) is 0 Å². The number of carbonyl (C=O) groups excluding carboxylic acids is 1. The highest BCUT2D eigenvalue weighted by molar-refractivity contribution is 5.87. The molecule has 0 saturated heterocycles. The van der Waals surface area contributed by atoms with Gasteiger partial charge in [-0.1, -0.05) is 18.1 Å². The molecule has 84 valence electrons. The molecule has 0 aromatic heterocycles. The average Bonchev–Trinajstić information content (AvgIpc) is 2.26. The van der Waals surface area contributed by atoms with Crippen LogP contribution in [0, 0.1) is 12.3 Å². The van der Waals surface area contributed by atoms with Crippen molar-refractivity contribution in [1.29, 1.82) is 0 Å². The van der Waals surface area contributed by atoms with Gasteiger partial charge in [-0.15, -0.1) is 6.42 Å². The molecule has 0 unspecified atom stereocenters. The summed E-state index contributed by atoms with van der Waals surface area (Å²) >= 11 is 0. The highest BCUT2D eigenvalue weighted by Gasteiger charge is 2.29. The van der Waals surface area contributed by atoms with Gasteiger partial charge in [0.1, 0.15) is 0 Å². The summed E-state index contributed by atoms with van der Waals surface area (Å²) in [7, 11) is 0. The van der Waals surface area contributed by atoms with E-state index in [4.69, 9.17) is 12.2 Å².